The minimum atomic E-state index is -0.661. The molecule has 25 heavy (non-hydrogen) atoms. The van der Waals surface area contributed by atoms with Gasteiger partial charge < -0.3 is 4.84 Å². The molecule has 0 spiro atoms. The lowest BCUT2D eigenvalue weighted by molar-refractivity contribution is -0.197. The average molecular weight is 334 g/mol. The first-order valence-electron chi connectivity index (χ1n) is 7.70. The summed E-state index contributed by atoms with van der Waals surface area (Å²) < 4.78 is 0. The van der Waals surface area contributed by atoms with Gasteiger partial charge >= 0.3 is 5.97 Å². The quantitative estimate of drug-likeness (QED) is 0.636. The minimum absolute atomic E-state index is 0.0422. The normalized spacial score (nSPS) is 13.6. The predicted molar refractivity (Wildman–Crippen MR) is 89.0 cm³/mol. The van der Waals surface area contributed by atoms with E-state index < -0.39 is 17.8 Å². The van der Waals surface area contributed by atoms with Gasteiger partial charge in [0.2, 0.25) is 0 Å². The smallest absolute Gasteiger partial charge is 0.330 e. The van der Waals surface area contributed by atoms with Crippen molar-refractivity contribution in [3.8, 4) is 11.1 Å². The zero-order valence-corrected chi connectivity index (χ0v) is 13.3. The molecule has 3 rings (SSSR count). The molecule has 1 aliphatic rings. The van der Waals surface area contributed by atoms with Crippen LogP contribution < -0.4 is 0 Å². The maximum absolute atomic E-state index is 11.9. The van der Waals surface area contributed by atoms with Crippen LogP contribution in [0.3, 0.4) is 0 Å². The number of hydrogen-bond acceptors (Lipinski definition) is 4. The average Bonchev–Trinajstić information content (AvgIpc) is 2.94. The molecule has 0 bridgehead atoms. The number of carbonyl (C=O) groups is 3. The van der Waals surface area contributed by atoms with E-state index in [1.54, 1.807) is 24.3 Å². The third-order valence-corrected chi connectivity index (χ3v) is 3.81. The third kappa shape index (κ3) is 3.72. The first-order chi connectivity index (χ1) is 12.1. The fourth-order valence-electron chi connectivity index (χ4n) is 2.53. The first-order valence-corrected chi connectivity index (χ1v) is 7.70. The molecular formula is C19H14N2O4. The number of hydrogen-bond donors (Lipinski definition) is 0. The van der Waals surface area contributed by atoms with Crippen molar-refractivity contribution in [3.63, 3.8) is 0 Å². The molecule has 6 nitrogen and oxygen atoms in total. The Balaban J connectivity index is 1.66. The molecule has 2 amide bonds. The van der Waals surface area contributed by atoms with Gasteiger partial charge in [0.05, 0.1) is 13.0 Å². The molecule has 1 aliphatic heterocycles. The molecule has 0 N–H and O–H groups in total. The summed E-state index contributed by atoms with van der Waals surface area (Å²) in [7, 11) is 0. The monoisotopic (exact) mass is 334 g/mol. The third-order valence-electron chi connectivity index (χ3n) is 3.81. The SMILES string of the molecule is [C-]#[N+]c1cccc(-c2ccc(CC(=O)ON3C(=O)CCC3=O)cc2)c1. The van der Waals surface area contributed by atoms with E-state index in [1.807, 2.05) is 24.3 Å². The molecule has 0 aromatic heterocycles. The van der Waals surface area contributed by atoms with E-state index in [4.69, 9.17) is 11.4 Å². The van der Waals surface area contributed by atoms with Crippen molar-refractivity contribution >= 4 is 23.5 Å². The van der Waals surface area contributed by atoms with E-state index in [0.29, 0.717) is 16.3 Å². The largest absolute Gasteiger partial charge is 0.337 e. The van der Waals surface area contributed by atoms with E-state index in [9.17, 15) is 14.4 Å². The zero-order chi connectivity index (χ0) is 17.8. The van der Waals surface area contributed by atoms with Crippen LogP contribution in [0.15, 0.2) is 48.5 Å². The lowest BCUT2D eigenvalue weighted by atomic mass is 10.0. The van der Waals surface area contributed by atoms with Gasteiger partial charge in [-0.05, 0) is 22.8 Å². The molecule has 0 radical (unpaired) electrons. The van der Waals surface area contributed by atoms with Gasteiger partial charge in [-0.1, -0.05) is 42.5 Å². The Hall–Kier alpha value is -3.46. The lowest BCUT2D eigenvalue weighted by Crippen LogP contribution is -2.32. The number of hydroxylamine groups is 2. The standard InChI is InChI=1S/C19H14N2O4/c1-20-16-4-2-3-15(12-16)14-7-5-13(6-8-14)11-19(24)25-21-17(22)9-10-18(21)23/h2-8,12H,9-11H2. The van der Waals surface area contributed by atoms with E-state index >= 15 is 0 Å². The second-order valence-corrected chi connectivity index (χ2v) is 5.58. The van der Waals surface area contributed by atoms with Crippen LogP contribution in [-0.2, 0) is 25.6 Å². The second-order valence-electron chi connectivity index (χ2n) is 5.58. The summed E-state index contributed by atoms with van der Waals surface area (Å²) in [4.78, 5) is 43.0. The molecule has 0 unspecified atom stereocenters. The molecule has 1 fully saturated rings. The van der Waals surface area contributed by atoms with E-state index in [-0.39, 0.29) is 19.3 Å². The highest BCUT2D eigenvalue weighted by atomic mass is 16.7. The van der Waals surface area contributed by atoms with Crippen LogP contribution in [0.1, 0.15) is 18.4 Å². The summed E-state index contributed by atoms with van der Waals surface area (Å²) in [5, 5.41) is 0.548. The van der Waals surface area contributed by atoms with Gasteiger partial charge in [0.15, 0.2) is 5.69 Å². The molecule has 1 heterocycles. The van der Waals surface area contributed by atoms with Crippen molar-refractivity contribution < 1.29 is 19.2 Å². The molecule has 6 heteroatoms. The Labute approximate surface area is 144 Å². The first kappa shape index (κ1) is 16.4. The summed E-state index contributed by atoms with van der Waals surface area (Å²) in [5.41, 5.74) is 3.10. The number of imide groups is 1. The van der Waals surface area contributed by atoms with Gasteiger partial charge in [-0.2, -0.15) is 0 Å². The van der Waals surface area contributed by atoms with E-state index in [0.717, 1.165) is 11.1 Å². The summed E-state index contributed by atoms with van der Waals surface area (Å²) in [6.45, 7) is 7.06. The van der Waals surface area contributed by atoms with Crippen molar-refractivity contribution in [1.29, 1.82) is 0 Å². The van der Waals surface area contributed by atoms with Crippen LogP contribution in [-0.4, -0.2) is 22.8 Å². The van der Waals surface area contributed by atoms with Crippen LogP contribution in [0, 0.1) is 6.57 Å². The Morgan fingerprint density at radius 1 is 1.04 bits per heavy atom. The maximum Gasteiger partial charge on any atom is 0.337 e. The Bertz CT molecular complexity index is 865. The molecule has 2 aromatic rings. The van der Waals surface area contributed by atoms with Crippen molar-refractivity contribution in [3.05, 3.63) is 65.5 Å². The summed E-state index contributed by atoms with van der Waals surface area (Å²) in [5.74, 6) is -1.65. The van der Waals surface area contributed by atoms with Gasteiger partial charge in [-0.3, -0.25) is 9.59 Å². The van der Waals surface area contributed by atoms with Crippen LogP contribution in [0.2, 0.25) is 0 Å². The topological polar surface area (TPSA) is 68.0 Å². The van der Waals surface area contributed by atoms with Gasteiger partial charge in [0, 0.05) is 12.8 Å². The van der Waals surface area contributed by atoms with Gasteiger partial charge in [-0.15, -0.1) is 5.06 Å². The van der Waals surface area contributed by atoms with Crippen LogP contribution in [0.4, 0.5) is 5.69 Å². The van der Waals surface area contributed by atoms with Crippen molar-refractivity contribution in [2.24, 2.45) is 0 Å². The Kier molecular flexibility index (Phi) is 4.57. The second kappa shape index (κ2) is 6.97. The lowest BCUT2D eigenvalue weighted by Gasteiger charge is -2.12. The van der Waals surface area contributed by atoms with Crippen molar-refractivity contribution in [2.75, 3.05) is 0 Å². The van der Waals surface area contributed by atoms with Crippen LogP contribution >= 0.6 is 0 Å². The molecule has 2 aromatic carbocycles. The molecular weight excluding hydrogens is 320 g/mol. The van der Waals surface area contributed by atoms with Gasteiger partial charge in [-0.25, -0.2) is 9.64 Å². The minimum Gasteiger partial charge on any atom is -0.330 e. The Morgan fingerprint density at radius 2 is 1.72 bits per heavy atom. The maximum atomic E-state index is 11.9. The summed E-state index contributed by atoms with van der Waals surface area (Å²) >= 11 is 0. The number of rotatable bonds is 4. The van der Waals surface area contributed by atoms with Crippen LogP contribution in [0.25, 0.3) is 16.0 Å². The molecule has 0 aliphatic carbocycles. The zero-order valence-electron chi connectivity index (χ0n) is 13.3. The Morgan fingerprint density at radius 3 is 2.36 bits per heavy atom. The van der Waals surface area contributed by atoms with Crippen LogP contribution in [0.5, 0.6) is 0 Å². The number of carbonyl (C=O) groups excluding carboxylic acids is 3. The number of benzene rings is 2. The molecule has 1 saturated heterocycles. The van der Waals surface area contributed by atoms with Gasteiger partial charge in [0.25, 0.3) is 11.8 Å². The highest BCUT2D eigenvalue weighted by Gasteiger charge is 2.32. The number of nitrogens with zero attached hydrogens (tertiary/aromatic N) is 2. The molecule has 124 valence electrons. The highest BCUT2D eigenvalue weighted by Crippen LogP contribution is 2.24. The van der Waals surface area contributed by atoms with Crippen molar-refractivity contribution in [1.82, 2.24) is 5.06 Å². The highest BCUT2D eigenvalue weighted by molar-refractivity contribution is 6.01. The fraction of sp³-hybridized carbons (Fsp3) is 0.158. The summed E-state index contributed by atoms with van der Waals surface area (Å²) in [6.07, 6.45) is 0.106. The fourth-order valence-corrected chi connectivity index (χ4v) is 2.53. The van der Waals surface area contributed by atoms with Gasteiger partial charge in [0.1, 0.15) is 0 Å². The predicted octanol–water partition coefficient (Wildman–Crippen LogP) is 3.05. The number of amides is 2. The van der Waals surface area contributed by atoms with E-state index in [2.05, 4.69) is 4.85 Å². The molecule has 0 atom stereocenters. The van der Waals surface area contributed by atoms with Crippen molar-refractivity contribution in [2.45, 2.75) is 19.3 Å². The van der Waals surface area contributed by atoms with E-state index in [1.165, 1.54) is 0 Å². The summed E-state index contributed by atoms with van der Waals surface area (Å²) in [6, 6.07) is 14.5. The molecule has 0 saturated carbocycles.